The molecule has 0 bridgehead atoms. The third kappa shape index (κ3) is 6.32. The van der Waals surface area contributed by atoms with E-state index in [9.17, 15) is 9.59 Å². The van der Waals surface area contributed by atoms with E-state index in [1.54, 1.807) is 21.7 Å². The van der Waals surface area contributed by atoms with Gasteiger partial charge in [-0.05, 0) is 72.6 Å². The zero-order valence-electron chi connectivity index (χ0n) is 23.0. The highest BCUT2D eigenvalue weighted by Crippen LogP contribution is 2.26. The molecule has 204 valence electrons. The van der Waals surface area contributed by atoms with E-state index in [2.05, 4.69) is 25.3 Å². The Kier molecular flexibility index (Phi) is 8.03. The van der Waals surface area contributed by atoms with Crippen LogP contribution in [0, 0.1) is 6.92 Å². The summed E-state index contributed by atoms with van der Waals surface area (Å²) in [5.41, 5.74) is 2.16. The van der Waals surface area contributed by atoms with Gasteiger partial charge in [-0.25, -0.2) is 14.3 Å². The van der Waals surface area contributed by atoms with Crippen molar-refractivity contribution in [3.63, 3.8) is 0 Å². The van der Waals surface area contributed by atoms with Crippen molar-refractivity contribution in [3.8, 4) is 5.88 Å². The van der Waals surface area contributed by atoms with Crippen molar-refractivity contribution in [2.75, 3.05) is 36.5 Å². The Hall–Kier alpha value is -3.89. The molecule has 0 saturated carbocycles. The van der Waals surface area contributed by atoms with Crippen LogP contribution >= 0.6 is 0 Å². The molecule has 2 amide bonds. The normalized spacial score (nSPS) is 14.4. The summed E-state index contributed by atoms with van der Waals surface area (Å²) in [6.45, 7) is 13.6. The first-order valence-corrected chi connectivity index (χ1v) is 13.1. The summed E-state index contributed by atoms with van der Waals surface area (Å²) >= 11 is 0. The van der Waals surface area contributed by atoms with Crippen LogP contribution in [-0.2, 0) is 4.74 Å². The van der Waals surface area contributed by atoms with E-state index in [0.717, 1.165) is 24.1 Å². The number of hydrogen-bond donors (Lipinski definition) is 1. The molecule has 4 rings (SSSR count). The van der Waals surface area contributed by atoms with Crippen LogP contribution in [0.15, 0.2) is 30.6 Å². The summed E-state index contributed by atoms with van der Waals surface area (Å²) in [6.07, 6.45) is 4.56. The third-order valence-electron chi connectivity index (χ3n) is 6.26. The van der Waals surface area contributed by atoms with Gasteiger partial charge in [-0.2, -0.15) is 10.1 Å². The fourth-order valence-electron chi connectivity index (χ4n) is 4.55. The highest BCUT2D eigenvalue weighted by atomic mass is 16.6. The maximum Gasteiger partial charge on any atom is 0.410 e. The first kappa shape index (κ1) is 27.2. The molecule has 4 heterocycles. The summed E-state index contributed by atoms with van der Waals surface area (Å²) in [4.78, 5) is 38.6. The van der Waals surface area contributed by atoms with Gasteiger partial charge in [-0.3, -0.25) is 4.79 Å². The summed E-state index contributed by atoms with van der Waals surface area (Å²) in [5.74, 6) is 0.384. The van der Waals surface area contributed by atoms with Crippen LogP contribution in [0.25, 0.3) is 5.52 Å². The van der Waals surface area contributed by atoms with Gasteiger partial charge in [-0.15, -0.1) is 0 Å². The Morgan fingerprint density at radius 3 is 2.58 bits per heavy atom. The second kappa shape index (κ2) is 11.2. The molecule has 11 heteroatoms. The van der Waals surface area contributed by atoms with Gasteiger partial charge in [-0.1, -0.05) is 0 Å². The molecular weight excluding hydrogens is 486 g/mol. The number of piperidine rings is 1. The van der Waals surface area contributed by atoms with E-state index >= 15 is 0 Å². The van der Waals surface area contributed by atoms with E-state index < -0.39 is 5.60 Å². The van der Waals surface area contributed by atoms with Crippen molar-refractivity contribution in [2.24, 2.45) is 0 Å². The maximum absolute atomic E-state index is 13.1. The minimum absolute atomic E-state index is 0.152. The van der Waals surface area contributed by atoms with Crippen molar-refractivity contribution in [1.29, 1.82) is 0 Å². The number of fused-ring (bicyclic) bond motifs is 1. The largest absolute Gasteiger partial charge is 0.477 e. The van der Waals surface area contributed by atoms with Crippen molar-refractivity contribution in [3.05, 3.63) is 41.9 Å². The third-order valence-corrected chi connectivity index (χ3v) is 6.26. The molecule has 0 aromatic carbocycles. The molecule has 3 aromatic rings. The van der Waals surface area contributed by atoms with Crippen LogP contribution in [0.5, 0.6) is 5.88 Å². The smallest absolute Gasteiger partial charge is 0.410 e. The van der Waals surface area contributed by atoms with Gasteiger partial charge in [0, 0.05) is 43.8 Å². The molecule has 3 aromatic heterocycles. The van der Waals surface area contributed by atoms with E-state index in [0.29, 0.717) is 37.9 Å². The highest BCUT2D eigenvalue weighted by Gasteiger charge is 2.30. The Balaban J connectivity index is 1.47. The van der Waals surface area contributed by atoms with Crippen LogP contribution in [-0.4, -0.2) is 74.4 Å². The second-order valence-electron chi connectivity index (χ2n) is 10.3. The minimum atomic E-state index is -0.521. The van der Waals surface area contributed by atoms with Gasteiger partial charge >= 0.3 is 6.09 Å². The number of likely N-dealkylation sites (tertiary alicyclic amines) is 1. The Labute approximate surface area is 223 Å². The molecular formula is C27H37N7O4. The standard InChI is InChI=1S/C27H37N7O4/c1-7-33(20-10-12-32(13-11-20)26(36)38-27(4,5)6)25-28-17-22(24(30-25)37-8-2)23(35)29-19-9-14-34-21(16-19)15-18(3)31-34/h9,14-17,20H,7-8,10-13H2,1-6H3,(H,29,35). The molecule has 1 saturated heterocycles. The van der Waals surface area contributed by atoms with Crippen molar-refractivity contribution >= 4 is 29.2 Å². The molecule has 0 radical (unpaired) electrons. The van der Waals surface area contributed by atoms with Gasteiger partial charge in [0.1, 0.15) is 11.2 Å². The van der Waals surface area contributed by atoms with Crippen LogP contribution in [0.1, 0.15) is 63.5 Å². The van der Waals surface area contributed by atoms with Crippen molar-refractivity contribution in [2.45, 2.75) is 66.0 Å². The van der Waals surface area contributed by atoms with E-state index in [1.165, 1.54) is 6.20 Å². The van der Waals surface area contributed by atoms with Crippen LogP contribution in [0.4, 0.5) is 16.4 Å². The second-order valence-corrected chi connectivity index (χ2v) is 10.3. The van der Waals surface area contributed by atoms with Gasteiger partial charge in [0.15, 0.2) is 0 Å². The highest BCUT2D eigenvalue weighted by molar-refractivity contribution is 6.05. The zero-order chi connectivity index (χ0) is 27.4. The number of carbonyl (C=O) groups is 2. The summed E-state index contributed by atoms with van der Waals surface area (Å²) in [6, 6.07) is 5.74. The lowest BCUT2D eigenvalue weighted by Gasteiger charge is -2.38. The number of anilines is 2. The number of amides is 2. The number of hydrogen-bond acceptors (Lipinski definition) is 8. The summed E-state index contributed by atoms with van der Waals surface area (Å²) < 4.78 is 13.0. The maximum atomic E-state index is 13.1. The predicted molar refractivity (Wildman–Crippen MR) is 145 cm³/mol. The SMILES string of the molecule is CCOc1nc(N(CC)C2CCN(C(=O)OC(C)(C)C)CC2)ncc1C(=O)Nc1ccn2nc(C)cc2c1. The number of nitrogens with one attached hydrogen (secondary N) is 1. The van der Waals surface area contributed by atoms with Crippen molar-refractivity contribution < 1.29 is 19.1 Å². The van der Waals surface area contributed by atoms with Gasteiger partial charge < -0.3 is 24.6 Å². The molecule has 38 heavy (non-hydrogen) atoms. The lowest BCUT2D eigenvalue weighted by Crippen LogP contribution is -2.48. The van der Waals surface area contributed by atoms with Crippen molar-refractivity contribution in [1.82, 2.24) is 24.5 Å². The van der Waals surface area contributed by atoms with Gasteiger partial charge in [0.2, 0.25) is 11.8 Å². The summed E-state index contributed by atoms with van der Waals surface area (Å²) in [5, 5.41) is 7.28. The number of carbonyl (C=O) groups excluding carboxylic acids is 2. The number of rotatable bonds is 7. The first-order chi connectivity index (χ1) is 18.1. The Morgan fingerprint density at radius 2 is 1.92 bits per heavy atom. The fraction of sp³-hybridized carbons (Fsp3) is 0.519. The molecule has 0 spiro atoms. The minimum Gasteiger partial charge on any atom is -0.477 e. The molecule has 1 aliphatic heterocycles. The molecule has 0 unspecified atom stereocenters. The number of nitrogens with zero attached hydrogens (tertiary/aromatic N) is 6. The fourth-order valence-corrected chi connectivity index (χ4v) is 4.55. The van der Waals surface area contributed by atoms with Gasteiger partial charge in [0.05, 0.1) is 17.8 Å². The first-order valence-electron chi connectivity index (χ1n) is 13.1. The molecule has 0 atom stereocenters. The van der Waals surface area contributed by atoms with Crippen LogP contribution < -0.4 is 15.0 Å². The van der Waals surface area contributed by atoms with Gasteiger partial charge in [0.25, 0.3) is 5.91 Å². The lowest BCUT2D eigenvalue weighted by atomic mass is 10.0. The monoisotopic (exact) mass is 523 g/mol. The number of ether oxygens (including phenoxy) is 2. The molecule has 0 aliphatic carbocycles. The number of aromatic nitrogens is 4. The molecule has 11 nitrogen and oxygen atoms in total. The van der Waals surface area contributed by atoms with E-state index in [-0.39, 0.29) is 29.5 Å². The molecule has 1 N–H and O–H groups in total. The zero-order valence-corrected chi connectivity index (χ0v) is 23.0. The Bertz CT molecular complexity index is 1290. The quantitative estimate of drug-likeness (QED) is 0.487. The topological polar surface area (TPSA) is 114 Å². The predicted octanol–water partition coefficient (Wildman–Crippen LogP) is 4.31. The molecule has 1 aliphatic rings. The van der Waals surface area contributed by atoms with E-state index in [1.807, 2.05) is 53.7 Å². The average molecular weight is 524 g/mol. The number of pyridine rings is 1. The lowest BCUT2D eigenvalue weighted by molar-refractivity contribution is 0.0204. The van der Waals surface area contributed by atoms with Crippen LogP contribution in [0.2, 0.25) is 0 Å². The van der Waals surface area contributed by atoms with E-state index in [4.69, 9.17) is 9.47 Å². The molecule has 1 fully saturated rings. The van der Waals surface area contributed by atoms with Crippen LogP contribution in [0.3, 0.4) is 0 Å². The average Bonchev–Trinajstić information content (AvgIpc) is 3.23. The number of aryl methyl sites for hydroxylation is 1. The Morgan fingerprint density at radius 1 is 1.18 bits per heavy atom. The summed E-state index contributed by atoms with van der Waals surface area (Å²) in [7, 11) is 0.